The molecule has 1 aliphatic rings. The van der Waals surface area contributed by atoms with E-state index in [-0.39, 0.29) is 30.3 Å². The van der Waals surface area contributed by atoms with Gasteiger partial charge in [-0.2, -0.15) is 26.3 Å². The Morgan fingerprint density at radius 2 is 1.59 bits per heavy atom. The number of imidazole rings is 1. The van der Waals surface area contributed by atoms with Crippen molar-refractivity contribution < 1.29 is 30.8 Å². The van der Waals surface area contributed by atoms with E-state index in [0.29, 0.717) is 49.5 Å². The van der Waals surface area contributed by atoms with Crippen molar-refractivity contribution in [2.75, 3.05) is 11.9 Å². The van der Waals surface area contributed by atoms with E-state index in [1.807, 2.05) is 58.0 Å². The lowest BCUT2D eigenvalue weighted by Crippen LogP contribution is -2.47. The fourth-order valence-corrected chi connectivity index (χ4v) is 5.84. The molecule has 1 N–H and O–H groups in total. The highest BCUT2D eigenvalue weighted by Crippen LogP contribution is 2.37. The van der Waals surface area contributed by atoms with E-state index in [2.05, 4.69) is 10.3 Å². The first-order chi connectivity index (χ1) is 21.0. The first-order valence-corrected chi connectivity index (χ1v) is 14.2. The van der Waals surface area contributed by atoms with Crippen LogP contribution in [-0.4, -0.2) is 38.1 Å². The van der Waals surface area contributed by atoms with Gasteiger partial charge < -0.3 is 9.73 Å². The summed E-state index contributed by atoms with van der Waals surface area (Å²) < 4.78 is 88.9. The molecule has 2 atom stereocenters. The van der Waals surface area contributed by atoms with Gasteiger partial charge in [-0.25, -0.2) is 9.97 Å². The lowest BCUT2D eigenvalue weighted by molar-refractivity contribution is -0.143. The molecule has 6 rings (SSSR count). The Balaban J connectivity index is 1.27. The summed E-state index contributed by atoms with van der Waals surface area (Å²) >= 11 is 0. The maximum Gasteiger partial charge on any atom is 0.416 e. The molecule has 1 fully saturated rings. The number of pyridine rings is 1. The van der Waals surface area contributed by atoms with Crippen molar-refractivity contribution in [1.29, 1.82) is 0 Å². The van der Waals surface area contributed by atoms with E-state index < -0.39 is 23.5 Å². The third-order valence-corrected chi connectivity index (χ3v) is 7.92. The molecule has 1 aliphatic heterocycles. The number of nitrogens with zero attached hydrogens (tertiary/aromatic N) is 4. The SMILES string of the molecule is FC(F)(F)c1cc(CN2CC[C@H](Nc3nc4cccnc4n3Cc3ccco3)C[C@@H]2Cc2ccccc2)cc(C(F)(F)F)c1. The molecule has 6 nitrogen and oxygen atoms in total. The number of hydrogen-bond acceptors (Lipinski definition) is 5. The number of nitrogens with one attached hydrogen (secondary N) is 1. The van der Waals surface area contributed by atoms with Crippen molar-refractivity contribution in [3.63, 3.8) is 0 Å². The summed E-state index contributed by atoms with van der Waals surface area (Å²) in [7, 11) is 0. The van der Waals surface area contributed by atoms with E-state index in [1.54, 1.807) is 18.5 Å². The van der Waals surface area contributed by atoms with Gasteiger partial charge in [-0.15, -0.1) is 0 Å². The van der Waals surface area contributed by atoms with Crippen molar-refractivity contribution in [2.24, 2.45) is 0 Å². The average Bonchev–Trinajstić information content (AvgIpc) is 3.62. The number of fused-ring (bicyclic) bond motifs is 1. The average molecular weight is 614 g/mol. The molecule has 0 unspecified atom stereocenters. The second-order valence-corrected chi connectivity index (χ2v) is 11.0. The second-order valence-electron chi connectivity index (χ2n) is 11.0. The summed E-state index contributed by atoms with van der Waals surface area (Å²) in [6.45, 7) is 0.827. The number of likely N-dealkylation sites (tertiary alicyclic amines) is 1. The van der Waals surface area contributed by atoms with Crippen LogP contribution in [0.5, 0.6) is 0 Å². The largest absolute Gasteiger partial charge is 0.467 e. The van der Waals surface area contributed by atoms with Crippen molar-refractivity contribution >= 4 is 17.1 Å². The minimum Gasteiger partial charge on any atom is -0.467 e. The van der Waals surface area contributed by atoms with Crippen LogP contribution in [0.1, 0.15) is 40.9 Å². The van der Waals surface area contributed by atoms with Crippen LogP contribution in [0.3, 0.4) is 0 Å². The highest BCUT2D eigenvalue weighted by atomic mass is 19.4. The molecule has 44 heavy (non-hydrogen) atoms. The van der Waals surface area contributed by atoms with Crippen LogP contribution >= 0.6 is 0 Å². The molecule has 230 valence electrons. The number of furan rings is 1. The number of rotatable bonds is 8. The lowest BCUT2D eigenvalue weighted by atomic mass is 9.91. The van der Waals surface area contributed by atoms with Gasteiger partial charge >= 0.3 is 12.4 Å². The predicted octanol–water partition coefficient (Wildman–Crippen LogP) is 7.80. The van der Waals surface area contributed by atoms with Crippen molar-refractivity contribution in [1.82, 2.24) is 19.4 Å². The molecule has 0 bridgehead atoms. The Hall–Kier alpha value is -4.32. The lowest BCUT2D eigenvalue weighted by Gasteiger charge is -2.40. The Kier molecular flexibility index (Phi) is 8.10. The molecule has 4 heterocycles. The minimum atomic E-state index is -4.90. The van der Waals surface area contributed by atoms with Crippen LogP contribution in [0.2, 0.25) is 0 Å². The Morgan fingerprint density at radius 3 is 2.27 bits per heavy atom. The van der Waals surface area contributed by atoms with Gasteiger partial charge in [0, 0.05) is 31.4 Å². The topological polar surface area (TPSA) is 59.1 Å². The number of piperidine rings is 1. The van der Waals surface area contributed by atoms with Gasteiger partial charge in [-0.3, -0.25) is 9.47 Å². The van der Waals surface area contributed by atoms with E-state index in [9.17, 15) is 26.3 Å². The van der Waals surface area contributed by atoms with Crippen LogP contribution in [0.15, 0.2) is 89.7 Å². The molecule has 0 saturated carbocycles. The van der Waals surface area contributed by atoms with Gasteiger partial charge in [0.15, 0.2) is 5.65 Å². The van der Waals surface area contributed by atoms with E-state index in [4.69, 9.17) is 9.40 Å². The summed E-state index contributed by atoms with van der Waals surface area (Å²) in [6, 6.07) is 18.6. The number of anilines is 1. The quantitative estimate of drug-likeness (QED) is 0.181. The summed E-state index contributed by atoms with van der Waals surface area (Å²) in [5.74, 6) is 1.34. The zero-order valence-corrected chi connectivity index (χ0v) is 23.4. The van der Waals surface area contributed by atoms with Gasteiger partial charge in [0.1, 0.15) is 11.3 Å². The standard InChI is InChI=1S/C32H29F6N5O/c33-31(34,35)23-14-22(15-24(17-23)32(36,37)38)19-42-12-10-25(18-26(42)16-21-6-2-1-3-7-21)40-30-41-28-9-4-11-39-29(28)43(30)20-27-8-5-13-44-27/h1-9,11,13-15,17,25-26H,10,12,16,18-20H2,(H,40,41)/t25-,26-/m0/s1. The van der Waals surface area contributed by atoms with Crippen molar-refractivity contribution in [2.45, 2.75) is 56.8 Å². The molecule has 0 aliphatic carbocycles. The number of alkyl halides is 6. The van der Waals surface area contributed by atoms with E-state index in [1.165, 1.54) is 0 Å². The zero-order valence-electron chi connectivity index (χ0n) is 23.4. The first-order valence-electron chi connectivity index (χ1n) is 14.2. The summed E-state index contributed by atoms with van der Waals surface area (Å²) in [5, 5.41) is 3.56. The fraction of sp³-hybridized carbons (Fsp3) is 0.312. The molecule has 0 amide bonds. The van der Waals surface area contributed by atoms with Gasteiger partial charge in [0.05, 0.1) is 23.9 Å². The normalized spacial score (nSPS) is 18.1. The predicted molar refractivity (Wildman–Crippen MR) is 153 cm³/mol. The van der Waals surface area contributed by atoms with Gasteiger partial charge in [-0.05, 0) is 72.9 Å². The van der Waals surface area contributed by atoms with Gasteiger partial charge in [-0.1, -0.05) is 30.3 Å². The Bertz CT molecular complexity index is 1670. The number of halogens is 6. The Morgan fingerprint density at radius 1 is 0.841 bits per heavy atom. The van der Waals surface area contributed by atoms with Crippen LogP contribution < -0.4 is 5.32 Å². The summed E-state index contributed by atoms with van der Waals surface area (Å²) in [6.07, 6.45) is -4.72. The molecule has 0 radical (unpaired) electrons. The third kappa shape index (κ3) is 6.75. The first kappa shape index (κ1) is 29.7. The number of aromatic nitrogens is 3. The van der Waals surface area contributed by atoms with Crippen LogP contribution in [-0.2, 0) is 31.9 Å². The maximum atomic E-state index is 13.6. The molecule has 12 heteroatoms. The molecule has 5 aromatic rings. The van der Waals surface area contributed by atoms with Crippen molar-refractivity contribution in [3.8, 4) is 0 Å². The smallest absolute Gasteiger partial charge is 0.416 e. The molecular weight excluding hydrogens is 584 g/mol. The van der Waals surface area contributed by atoms with Crippen molar-refractivity contribution in [3.05, 3.63) is 113 Å². The number of benzene rings is 2. The zero-order chi connectivity index (χ0) is 30.9. The molecule has 3 aromatic heterocycles. The summed E-state index contributed by atoms with van der Waals surface area (Å²) in [4.78, 5) is 11.3. The molecule has 0 spiro atoms. The van der Waals surface area contributed by atoms with Crippen LogP contribution in [0.25, 0.3) is 11.2 Å². The van der Waals surface area contributed by atoms with E-state index >= 15 is 0 Å². The van der Waals surface area contributed by atoms with Gasteiger partial charge in [0.25, 0.3) is 0 Å². The second kappa shape index (κ2) is 12.0. The van der Waals surface area contributed by atoms with Crippen LogP contribution in [0, 0.1) is 0 Å². The molecule has 1 saturated heterocycles. The minimum absolute atomic E-state index is 0.0251. The monoisotopic (exact) mass is 613 g/mol. The van der Waals surface area contributed by atoms with E-state index in [0.717, 1.165) is 23.5 Å². The number of hydrogen-bond donors (Lipinski definition) is 1. The summed E-state index contributed by atoms with van der Waals surface area (Å²) in [5.41, 5.74) is -0.204. The third-order valence-electron chi connectivity index (χ3n) is 7.92. The molecular formula is C32H29F6N5O. The highest BCUT2D eigenvalue weighted by Gasteiger charge is 2.38. The van der Waals surface area contributed by atoms with Crippen LogP contribution in [0.4, 0.5) is 32.3 Å². The maximum absolute atomic E-state index is 13.6. The highest BCUT2D eigenvalue weighted by molar-refractivity contribution is 5.74. The Labute approximate surface area is 249 Å². The fourth-order valence-electron chi connectivity index (χ4n) is 5.84. The van der Waals surface area contributed by atoms with Gasteiger partial charge in [0.2, 0.25) is 5.95 Å². The molecule has 2 aromatic carbocycles.